The van der Waals surface area contributed by atoms with Gasteiger partial charge in [-0.2, -0.15) is 6.42 Å². The fourth-order valence-electron chi connectivity index (χ4n) is 0. The molecule has 35 valence electrons. The summed E-state index contributed by atoms with van der Waals surface area (Å²) in [6.07, 6.45) is 2.28. The van der Waals surface area contributed by atoms with Gasteiger partial charge in [-0.3, -0.25) is 0 Å². The van der Waals surface area contributed by atoms with Crippen LogP contribution in [0.2, 0.25) is 0 Å². The Balaban J connectivity index is 0. The molecule has 0 N–H and O–H groups in total. The summed E-state index contributed by atoms with van der Waals surface area (Å²) in [5.41, 5.74) is 0. The molecule has 0 rings (SSSR count). The van der Waals surface area contributed by atoms with Crippen molar-refractivity contribution in [1.82, 2.24) is 0 Å². The van der Waals surface area contributed by atoms with Crippen LogP contribution in [-0.4, -0.2) is 0 Å². The molecule has 0 aliphatic carbocycles. The molecule has 0 saturated heterocycles. The predicted molar refractivity (Wildman–Crippen MR) is 20.3 cm³/mol. The Bertz CT molecular complexity index is 5.61. The average molecular weight is 116 g/mol. The minimum absolute atomic E-state index is 0. The summed E-state index contributed by atoms with van der Waals surface area (Å²) in [5.74, 6) is 0. The van der Waals surface area contributed by atoms with Crippen LogP contribution in [-0.2, 0) is 16.8 Å². The third-order valence-corrected chi connectivity index (χ3v) is 0.354. The summed E-state index contributed by atoms with van der Waals surface area (Å²) >= 11 is 0. The second kappa shape index (κ2) is 8.82. The molecule has 0 nitrogen and oxygen atoms in total. The zero-order chi connectivity index (χ0) is 3.41. The van der Waals surface area contributed by atoms with Gasteiger partial charge in [-0.05, 0) is 0 Å². The van der Waals surface area contributed by atoms with Gasteiger partial charge in [-0.15, -0.1) is 0 Å². The Morgan fingerprint density at radius 3 is 1.80 bits per heavy atom. The maximum Gasteiger partial charge on any atom is 0 e. The van der Waals surface area contributed by atoms with E-state index in [0.717, 1.165) is 6.42 Å². The Labute approximate surface area is 44.2 Å². The fourth-order valence-corrected chi connectivity index (χ4v) is 0. The van der Waals surface area contributed by atoms with Crippen molar-refractivity contribution in [3.05, 3.63) is 6.92 Å². The number of unbranched alkanes of at least 4 members (excludes halogenated alkanes) is 1. The summed E-state index contributed by atoms with van der Waals surface area (Å²) < 4.78 is 0. The van der Waals surface area contributed by atoms with Crippen molar-refractivity contribution >= 4 is 0 Å². The van der Waals surface area contributed by atoms with Gasteiger partial charge in [0.05, 0.1) is 0 Å². The monoisotopic (exact) mass is 116 g/mol. The molecule has 1 heteroatoms. The van der Waals surface area contributed by atoms with Crippen molar-refractivity contribution in [1.29, 1.82) is 0 Å². The number of rotatable bonds is 1. The summed E-state index contributed by atoms with van der Waals surface area (Å²) in [6, 6.07) is 0. The van der Waals surface area contributed by atoms with E-state index in [0.29, 0.717) is 0 Å². The normalized spacial score (nSPS) is 6.00. The molecule has 0 heterocycles. The van der Waals surface area contributed by atoms with Gasteiger partial charge in [0.25, 0.3) is 0 Å². The van der Waals surface area contributed by atoms with Gasteiger partial charge in [0.2, 0.25) is 0 Å². The van der Waals surface area contributed by atoms with Crippen LogP contribution in [0.25, 0.3) is 0 Å². The Morgan fingerprint density at radius 1 is 1.60 bits per heavy atom. The first kappa shape index (κ1) is 9.10. The van der Waals surface area contributed by atoms with Crippen molar-refractivity contribution in [3.63, 3.8) is 0 Å². The van der Waals surface area contributed by atoms with Crippen molar-refractivity contribution in [2.24, 2.45) is 0 Å². The second-order valence-corrected chi connectivity index (χ2v) is 0.854. The Morgan fingerprint density at radius 2 is 1.80 bits per heavy atom. The van der Waals surface area contributed by atoms with Crippen molar-refractivity contribution < 1.29 is 16.8 Å². The van der Waals surface area contributed by atoms with Gasteiger partial charge in [0.15, 0.2) is 0 Å². The predicted octanol–water partition coefficient (Wildman–Crippen LogP) is 1.62. The van der Waals surface area contributed by atoms with Crippen molar-refractivity contribution in [3.8, 4) is 0 Å². The molecule has 0 amide bonds. The molecule has 1 radical (unpaired) electrons. The van der Waals surface area contributed by atoms with Crippen LogP contribution >= 0.6 is 0 Å². The van der Waals surface area contributed by atoms with E-state index < -0.39 is 0 Å². The standard InChI is InChI=1S/C4H9.Co/c1-3-4-2;/h1,3-4H2,2H3;/q-1;. The van der Waals surface area contributed by atoms with Gasteiger partial charge in [0, 0.05) is 16.8 Å². The van der Waals surface area contributed by atoms with Gasteiger partial charge < -0.3 is 6.92 Å². The molecule has 5 heavy (non-hydrogen) atoms. The van der Waals surface area contributed by atoms with E-state index in [2.05, 4.69) is 13.8 Å². The smallest absolute Gasteiger partial charge is 0 e. The van der Waals surface area contributed by atoms with Crippen LogP contribution in [0.3, 0.4) is 0 Å². The second-order valence-electron chi connectivity index (χ2n) is 0.854. The molecule has 0 saturated carbocycles. The van der Waals surface area contributed by atoms with Crippen molar-refractivity contribution in [2.45, 2.75) is 19.8 Å². The third kappa shape index (κ3) is 12.5. The number of hydrogen-bond acceptors (Lipinski definition) is 0. The molecule has 0 aromatic heterocycles. The van der Waals surface area contributed by atoms with Crippen LogP contribution < -0.4 is 0 Å². The maximum atomic E-state index is 3.60. The van der Waals surface area contributed by atoms with Crippen molar-refractivity contribution in [2.75, 3.05) is 0 Å². The zero-order valence-electron chi connectivity index (χ0n) is 3.45. The van der Waals surface area contributed by atoms with E-state index in [9.17, 15) is 0 Å². The van der Waals surface area contributed by atoms with Gasteiger partial charge >= 0.3 is 0 Å². The summed E-state index contributed by atoms with van der Waals surface area (Å²) in [4.78, 5) is 0. The van der Waals surface area contributed by atoms with Crippen LogP contribution in [0.15, 0.2) is 0 Å². The first-order valence-corrected chi connectivity index (χ1v) is 1.71. The maximum absolute atomic E-state index is 3.60. The number of hydrogen-bond donors (Lipinski definition) is 0. The zero-order valence-corrected chi connectivity index (χ0v) is 4.50. The minimum Gasteiger partial charge on any atom is -0.343 e. The first-order chi connectivity index (χ1) is 1.91. The van der Waals surface area contributed by atoms with Gasteiger partial charge in [-0.1, -0.05) is 13.3 Å². The molecule has 0 aromatic carbocycles. The molecule has 0 bridgehead atoms. The van der Waals surface area contributed by atoms with Crippen LogP contribution in [0.5, 0.6) is 0 Å². The van der Waals surface area contributed by atoms with E-state index in [4.69, 9.17) is 0 Å². The van der Waals surface area contributed by atoms with Crippen LogP contribution in [0, 0.1) is 6.92 Å². The summed E-state index contributed by atoms with van der Waals surface area (Å²) in [7, 11) is 0. The SMILES string of the molecule is [CH2-]CCC.[Co]. The third-order valence-electron chi connectivity index (χ3n) is 0.354. The molecular weight excluding hydrogens is 107 g/mol. The molecule has 0 aromatic rings. The van der Waals surface area contributed by atoms with Crippen LogP contribution in [0.4, 0.5) is 0 Å². The largest absolute Gasteiger partial charge is 0.343 e. The first-order valence-electron chi connectivity index (χ1n) is 1.71. The van der Waals surface area contributed by atoms with E-state index in [1.165, 1.54) is 6.42 Å². The molecule has 0 spiro atoms. The van der Waals surface area contributed by atoms with Crippen LogP contribution in [0.1, 0.15) is 19.8 Å². The Hall–Kier alpha value is 0.506. The van der Waals surface area contributed by atoms with E-state index in [-0.39, 0.29) is 16.8 Å². The Kier molecular flexibility index (Phi) is 16.0. The van der Waals surface area contributed by atoms with Gasteiger partial charge in [-0.25, -0.2) is 0 Å². The molecular formula is C4H9Co-. The average Bonchev–Trinajstić information content (AvgIpc) is 1.37. The summed E-state index contributed by atoms with van der Waals surface area (Å²) in [5, 5.41) is 0. The van der Waals surface area contributed by atoms with E-state index >= 15 is 0 Å². The minimum atomic E-state index is 0. The quantitative estimate of drug-likeness (QED) is 0.456. The van der Waals surface area contributed by atoms with E-state index in [1.54, 1.807) is 0 Å². The molecule has 0 aliphatic heterocycles. The summed E-state index contributed by atoms with van der Waals surface area (Å²) in [6.45, 7) is 5.72. The van der Waals surface area contributed by atoms with Gasteiger partial charge in [0.1, 0.15) is 0 Å². The molecule has 0 atom stereocenters. The fraction of sp³-hybridized carbons (Fsp3) is 0.750. The molecule has 0 unspecified atom stereocenters. The van der Waals surface area contributed by atoms with E-state index in [1.807, 2.05) is 0 Å². The topological polar surface area (TPSA) is 0 Å². The molecule has 0 fully saturated rings. The molecule has 0 aliphatic rings.